The molecule has 19 heavy (non-hydrogen) atoms. The van der Waals surface area contributed by atoms with Crippen molar-refractivity contribution in [3.05, 3.63) is 54.0 Å². The molecule has 3 aromatic rings. The lowest BCUT2D eigenvalue weighted by atomic mass is 10.00. The van der Waals surface area contributed by atoms with E-state index < -0.39 is 0 Å². The van der Waals surface area contributed by atoms with Gasteiger partial charge in [0, 0.05) is 37.3 Å². The van der Waals surface area contributed by atoms with Crippen LogP contribution in [0.1, 0.15) is 17.3 Å². The van der Waals surface area contributed by atoms with Crippen molar-refractivity contribution < 1.29 is 0 Å². The fourth-order valence-electron chi connectivity index (χ4n) is 2.25. The molecule has 0 fully saturated rings. The third-order valence-electron chi connectivity index (χ3n) is 3.14. The highest BCUT2D eigenvalue weighted by Crippen LogP contribution is 2.22. The molecule has 5 heteroatoms. The molecule has 0 amide bonds. The highest BCUT2D eigenvalue weighted by Gasteiger charge is 2.13. The average molecular weight is 253 g/mol. The monoisotopic (exact) mass is 253 g/mol. The topological polar surface area (TPSA) is 69.6 Å². The molecular weight excluding hydrogens is 238 g/mol. The Labute approximate surface area is 111 Å². The van der Waals surface area contributed by atoms with Gasteiger partial charge in [-0.3, -0.25) is 9.67 Å². The highest BCUT2D eigenvalue weighted by atomic mass is 15.4. The number of fused-ring (bicyclic) bond motifs is 1. The van der Waals surface area contributed by atoms with Gasteiger partial charge in [0.1, 0.15) is 0 Å². The lowest BCUT2D eigenvalue weighted by molar-refractivity contribution is 0.696. The third kappa shape index (κ3) is 2.32. The first-order valence-corrected chi connectivity index (χ1v) is 6.18. The van der Waals surface area contributed by atoms with Crippen molar-refractivity contribution >= 4 is 10.9 Å². The molecule has 0 aliphatic rings. The molecule has 0 bridgehead atoms. The van der Waals surface area contributed by atoms with Crippen molar-refractivity contribution in [3.8, 4) is 0 Å². The number of nitrogens with two attached hydrogens (primary N) is 1. The lowest BCUT2D eigenvalue weighted by Gasteiger charge is -2.12. The van der Waals surface area contributed by atoms with E-state index in [2.05, 4.69) is 15.3 Å². The van der Waals surface area contributed by atoms with Gasteiger partial charge in [-0.2, -0.15) is 0 Å². The van der Waals surface area contributed by atoms with Gasteiger partial charge in [0.15, 0.2) is 0 Å². The van der Waals surface area contributed by atoms with E-state index in [4.69, 9.17) is 5.73 Å². The minimum Gasteiger partial charge on any atom is -0.324 e. The number of nitrogens with zero attached hydrogens (tertiary/aromatic N) is 4. The maximum atomic E-state index is 6.29. The molecule has 1 aromatic carbocycles. The number of rotatable bonds is 3. The van der Waals surface area contributed by atoms with Crippen LogP contribution >= 0.6 is 0 Å². The highest BCUT2D eigenvalue weighted by molar-refractivity contribution is 5.81. The van der Waals surface area contributed by atoms with Gasteiger partial charge in [-0.1, -0.05) is 29.5 Å². The second-order valence-corrected chi connectivity index (χ2v) is 4.62. The molecule has 96 valence electrons. The molecule has 0 spiro atoms. The molecule has 0 saturated heterocycles. The van der Waals surface area contributed by atoms with Crippen LogP contribution < -0.4 is 5.73 Å². The van der Waals surface area contributed by atoms with Crippen LogP contribution in [-0.2, 0) is 13.5 Å². The van der Waals surface area contributed by atoms with Gasteiger partial charge in [0.25, 0.3) is 0 Å². The molecule has 1 atom stereocenters. The SMILES string of the molecule is Cn1cc(CC(N)c2cccc3cccnc23)nn1. The predicted molar refractivity (Wildman–Crippen MR) is 73.4 cm³/mol. The fourth-order valence-corrected chi connectivity index (χ4v) is 2.25. The summed E-state index contributed by atoms with van der Waals surface area (Å²) in [5.74, 6) is 0. The first-order chi connectivity index (χ1) is 9.24. The Kier molecular flexibility index (Phi) is 2.97. The number of aromatic nitrogens is 4. The van der Waals surface area contributed by atoms with Crippen molar-refractivity contribution in [2.75, 3.05) is 0 Å². The zero-order chi connectivity index (χ0) is 13.2. The number of hydrogen-bond acceptors (Lipinski definition) is 4. The van der Waals surface area contributed by atoms with Crippen molar-refractivity contribution in [1.29, 1.82) is 0 Å². The molecular formula is C14H15N5. The molecule has 0 aliphatic carbocycles. The van der Waals surface area contributed by atoms with Gasteiger partial charge < -0.3 is 5.73 Å². The van der Waals surface area contributed by atoms with E-state index in [1.165, 1.54) is 0 Å². The molecule has 0 aliphatic heterocycles. The zero-order valence-corrected chi connectivity index (χ0v) is 10.7. The Bertz CT molecular complexity index is 698. The molecule has 0 radical (unpaired) electrons. The van der Waals surface area contributed by atoms with Crippen LogP contribution in [0.15, 0.2) is 42.7 Å². The lowest BCUT2D eigenvalue weighted by Crippen LogP contribution is -2.14. The van der Waals surface area contributed by atoms with Crippen molar-refractivity contribution in [2.45, 2.75) is 12.5 Å². The Morgan fingerprint density at radius 2 is 2.11 bits per heavy atom. The number of hydrogen-bond donors (Lipinski definition) is 1. The van der Waals surface area contributed by atoms with E-state index in [9.17, 15) is 0 Å². The van der Waals surface area contributed by atoms with E-state index in [1.807, 2.05) is 43.6 Å². The maximum absolute atomic E-state index is 6.29. The maximum Gasteiger partial charge on any atom is 0.0845 e. The number of benzene rings is 1. The first-order valence-electron chi connectivity index (χ1n) is 6.18. The summed E-state index contributed by atoms with van der Waals surface area (Å²) >= 11 is 0. The summed E-state index contributed by atoms with van der Waals surface area (Å²) in [6.07, 6.45) is 4.34. The fraction of sp³-hybridized carbons (Fsp3) is 0.214. The van der Waals surface area contributed by atoms with Crippen LogP contribution in [0.25, 0.3) is 10.9 Å². The van der Waals surface area contributed by atoms with Gasteiger partial charge in [0.05, 0.1) is 11.2 Å². The van der Waals surface area contributed by atoms with Crippen molar-refractivity contribution in [2.24, 2.45) is 12.8 Å². The molecule has 2 N–H and O–H groups in total. The van der Waals surface area contributed by atoms with Crippen LogP contribution in [0.2, 0.25) is 0 Å². The molecule has 5 nitrogen and oxygen atoms in total. The quantitative estimate of drug-likeness (QED) is 0.769. The van der Waals surface area contributed by atoms with Crippen LogP contribution in [0, 0.1) is 0 Å². The van der Waals surface area contributed by atoms with E-state index in [0.717, 1.165) is 22.2 Å². The number of aryl methyl sites for hydroxylation is 1. The second-order valence-electron chi connectivity index (χ2n) is 4.62. The molecule has 3 rings (SSSR count). The minimum absolute atomic E-state index is 0.129. The van der Waals surface area contributed by atoms with Crippen LogP contribution in [0.4, 0.5) is 0 Å². The zero-order valence-electron chi connectivity index (χ0n) is 10.7. The summed E-state index contributed by atoms with van der Waals surface area (Å²) in [4.78, 5) is 4.43. The molecule has 1 unspecified atom stereocenters. The smallest absolute Gasteiger partial charge is 0.0845 e. The Hall–Kier alpha value is -2.27. The second kappa shape index (κ2) is 4.78. The normalized spacial score (nSPS) is 12.7. The third-order valence-corrected chi connectivity index (χ3v) is 3.14. The van der Waals surface area contributed by atoms with Gasteiger partial charge in [-0.25, -0.2) is 0 Å². The molecule has 0 saturated carbocycles. The van der Waals surface area contributed by atoms with Crippen LogP contribution in [0.5, 0.6) is 0 Å². The average Bonchev–Trinajstić information content (AvgIpc) is 2.83. The van der Waals surface area contributed by atoms with Gasteiger partial charge in [-0.15, -0.1) is 5.10 Å². The van der Waals surface area contributed by atoms with Crippen LogP contribution in [0.3, 0.4) is 0 Å². The van der Waals surface area contributed by atoms with E-state index in [0.29, 0.717) is 6.42 Å². The summed E-state index contributed by atoms with van der Waals surface area (Å²) in [6.45, 7) is 0. The standard InChI is InChI=1S/C14H15N5/c1-19-9-11(17-18-19)8-13(15)12-6-2-4-10-5-3-7-16-14(10)12/h2-7,9,13H,8,15H2,1H3. The summed E-state index contributed by atoms with van der Waals surface area (Å²) in [6, 6.07) is 9.92. The Morgan fingerprint density at radius 3 is 2.89 bits per heavy atom. The summed E-state index contributed by atoms with van der Waals surface area (Å²) in [5.41, 5.74) is 9.18. The molecule has 2 heterocycles. The summed E-state index contributed by atoms with van der Waals surface area (Å²) < 4.78 is 1.68. The molecule has 2 aromatic heterocycles. The van der Waals surface area contributed by atoms with Gasteiger partial charge in [0.2, 0.25) is 0 Å². The number of pyridine rings is 1. The van der Waals surface area contributed by atoms with Gasteiger partial charge >= 0.3 is 0 Å². The number of para-hydroxylation sites is 1. The predicted octanol–water partition coefficient (Wildman–Crippen LogP) is 1.61. The summed E-state index contributed by atoms with van der Waals surface area (Å²) in [5, 5.41) is 9.10. The van der Waals surface area contributed by atoms with E-state index in [1.54, 1.807) is 10.9 Å². The first kappa shape index (κ1) is 11.8. The van der Waals surface area contributed by atoms with E-state index in [-0.39, 0.29) is 6.04 Å². The van der Waals surface area contributed by atoms with Crippen molar-refractivity contribution in [3.63, 3.8) is 0 Å². The van der Waals surface area contributed by atoms with Crippen molar-refractivity contribution in [1.82, 2.24) is 20.0 Å². The van der Waals surface area contributed by atoms with Crippen LogP contribution in [-0.4, -0.2) is 20.0 Å². The largest absolute Gasteiger partial charge is 0.324 e. The Morgan fingerprint density at radius 1 is 1.26 bits per heavy atom. The summed E-state index contributed by atoms with van der Waals surface area (Å²) in [7, 11) is 1.85. The van der Waals surface area contributed by atoms with Gasteiger partial charge in [-0.05, 0) is 11.6 Å². The van der Waals surface area contributed by atoms with E-state index >= 15 is 0 Å². The Balaban J connectivity index is 1.95. The minimum atomic E-state index is -0.129.